The lowest BCUT2D eigenvalue weighted by Crippen LogP contribution is -2.45. The van der Waals surface area contributed by atoms with E-state index in [1.54, 1.807) is 6.92 Å². The topological polar surface area (TPSA) is 85.5 Å². The molecular formula is C14H21N3O3S. The molecule has 0 radical (unpaired) electrons. The second-order valence-electron chi connectivity index (χ2n) is 5.32. The summed E-state index contributed by atoms with van der Waals surface area (Å²) in [6.45, 7) is 5.53. The van der Waals surface area contributed by atoms with Gasteiger partial charge in [-0.15, -0.1) is 11.3 Å². The molecule has 0 aromatic carbocycles. The van der Waals surface area contributed by atoms with Gasteiger partial charge in [0.1, 0.15) is 0 Å². The third kappa shape index (κ3) is 4.01. The summed E-state index contributed by atoms with van der Waals surface area (Å²) in [4.78, 5) is 29.5. The van der Waals surface area contributed by atoms with Gasteiger partial charge in [-0.05, 0) is 26.7 Å². The number of thiazole rings is 1. The summed E-state index contributed by atoms with van der Waals surface area (Å²) in [5.74, 6) is -0.711. The van der Waals surface area contributed by atoms with Gasteiger partial charge in [0.05, 0.1) is 18.2 Å². The van der Waals surface area contributed by atoms with Crippen LogP contribution < -0.4 is 5.73 Å². The van der Waals surface area contributed by atoms with Crippen LogP contribution in [0.5, 0.6) is 0 Å². The number of hydrogen-bond acceptors (Lipinski definition) is 6. The molecule has 6 nitrogen and oxygen atoms in total. The third-order valence-corrected chi connectivity index (χ3v) is 4.65. The molecule has 2 atom stereocenters. The first-order valence-corrected chi connectivity index (χ1v) is 8.04. The largest absolute Gasteiger partial charge is 0.461 e. The lowest BCUT2D eigenvalue weighted by atomic mass is 9.93. The fourth-order valence-electron chi connectivity index (χ4n) is 2.51. The Kier molecular flexibility index (Phi) is 5.30. The molecule has 0 aliphatic carbocycles. The Hall–Kier alpha value is -1.47. The van der Waals surface area contributed by atoms with Gasteiger partial charge in [-0.3, -0.25) is 9.69 Å². The molecule has 0 saturated carbocycles. The second kappa shape index (κ2) is 7.00. The van der Waals surface area contributed by atoms with Crippen LogP contribution in [0.3, 0.4) is 0 Å². The van der Waals surface area contributed by atoms with Crippen molar-refractivity contribution in [2.75, 3.05) is 13.2 Å². The standard InChI is InChI=1S/C14H21N3O3S/c1-3-20-14(19)13-16-11(8-21-13)7-17-6-10(12(15)18)5-4-9(17)2/h8-10H,3-7H2,1-2H3,(H2,15,18)/t9-,10+/m0/s1. The summed E-state index contributed by atoms with van der Waals surface area (Å²) >= 11 is 1.29. The normalized spacial score (nSPS) is 23.0. The van der Waals surface area contributed by atoms with Crippen LogP contribution in [0.2, 0.25) is 0 Å². The van der Waals surface area contributed by atoms with Gasteiger partial charge in [-0.1, -0.05) is 0 Å². The highest BCUT2D eigenvalue weighted by molar-refractivity contribution is 7.11. The summed E-state index contributed by atoms with van der Waals surface area (Å²) in [5.41, 5.74) is 6.24. The van der Waals surface area contributed by atoms with Crippen molar-refractivity contribution in [3.05, 3.63) is 16.1 Å². The van der Waals surface area contributed by atoms with E-state index in [4.69, 9.17) is 10.5 Å². The van der Waals surface area contributed by atoms with Crippen LogP contribution in [-0.2, 0) is 16.1 Å². The van der Waals surface area contributed by atoms with Crippen molar-refractivity contribution in [2.24, 2.45) is 11.7 Å². The molecule has 0 spiro atoms. The lowest BCUT2D eigenvalue weighted by Gasteiger charge is -2.36. The minimum atomic E-state index is -0.379. The van der Waals surface area contributed by atoms with Crippen LogP contribution in [0.1, 0.15) is 42.2 Å². The number of hydrogen-bond donors (Lipinski definition) is 1. The Morgan fingerprint density at radius 3 is 2.95 bits per heavy atom. The first-order valence-electron chi connectivity index (χ1n) is 7.16. The maximum atomic E-state index is 11.6. The molecule has 7 heteroatoms. The summed E-state index contributed by atoms with van der Waals surface area (Å²) in [5, 5.41) is 2.25. The fraction of sp³-hybridized carbons (Fsp3) is 0.643. The van der Waals surface area contributed by atoms with Crippen molar-refractivity contribution in [3.8, 4) is 0 Å². The van der Waals surface area contributed by atoms with Crippen molar-refractivity contribution >= 4 is 23.2 Å². The van der Waals surface area contributed by atoms with Crippen molar-refractivity contribution in [1.29, 1.82) is 0 Å². The monoisotopic (exact) mass is 311 g/mol. The second-order valence-corrected chi connectivity index (χ2v) is 6.18. The lowest BCUT2D eigenvalue weighted by molar-refractivity contribution is -0.124. The molecule has 116 valence electrons. The first-order chi connectivity index (χ1) is 10.0. The highest BCUT2D eigenvalue weighted by Gasteiger charge is 2.29. The number of carbonyl (C=O) groups excluding carboxylic acids is 2. The number of rotatable bonds is 5. The van der Waals surface area contributed by atoms with Crippen LogP contribution in [0.15, 0.2) is 5.38 Å². The van der Waals surface area contributed by atoms with Gasteiger partial charge >= 0.3 is 5.97 Å². The molecule has 2 rings (SSSR count). The Morgan fingerprint density at radius 1 is 1.52 bits per heavy atom. The van der Waals surface area contributed by atoms with E-state index < -0.39 is 0 Å². The van der Waals surface area contributed by atoms with Crippen LogP contribution in [0.4, 0.5) is 0 Å². The minimum Gasteiger partial charge on any atom is -0.461 e. The van der Waals surface area contributed by atoms with E-state index in [0.29, 0.717) is 30.7 Å². The zero-order valence-corrected chi connectivity index (χ0v) is 13.2. The molecule has 2 N–H and O–H groups in total. The maximum Gasteiger partial charge on any atom is 0.367 e. The maximum absolute atomic E-state index is 11.6. The number of piperidine rings is 1. The third-order valence-electron chi connectivity index (χ3n) is 3.78. The number of primary amides is 1. The van der Waals surface area contributed by atoms with Crippen LogP contribution >= 0.6 is 11.3 Å². The Morgan fingerprint density at radius 2 is 2.29 bits per heavy atom. The molecule has 1 amide bonds. The summed E-state index contributed by atoms with van der Waals surface area (Å²) in [6.07, 6.45) is 1.79. The number of nitrogens with zero attached hydrogens (tertiary/aromatic N) is 2. The van der Waals surface area contributed by atoms with E-state index in [-0.39, 0.29) is 17.8 Å². The van der Waals surface area contributed by atoms with Crippen LogP contribution in [0, 0.1) is 5.92 Å². The number of amides is 1. The van der Waals surface area contributed by atoms with E-state index in [9.17, 15) is 9.59 Å². The summed E-state index contributed by atoms with van der Waals surface area (Å²) in [6, 6.07) is 0.383. The predicted octanol–water partition coefficient (Wildman–Crippen LogP) is 1.41. The molecule has 1 aromatic rings. The zero-order valence-electron chi connectivity index (χ0n) is 12.4. The number of ether oxygens (including phenoxy) is 1. The van der Waals surface area contributed by atoms with Crippen molar-refractivity contribution < 1.29 is 14.3 Å². The fourth-order valence-corrected chi connectivity index (χ4v) is 3.21. The number of nitrogens with two attached hydrogens (primary N) is 1. The average molecular weight is 311 g/mol. The SMILES string of the molecule is CCOC(=O)c1nc(CN2C[C@H](C(N)=O)CC[C@@H]2C)cs1. The predicted molar refractivity (Wildman–Crippen MR) is 79.9 cm³/mol. The number of esters is 1. The molecule has 1 fully saturated rings. The molecule has 1 aliphatic heterocycles. The van der Waals surface area contributed by atoms with Crippen molar-refractivity contribution in [3.63, 3.8) is 0 Å². The first kappa shape index (κ1) is 15.9. The molecule has 2 heterocycles. The molecule has 0 bridgehead atoms. The molecule has 1 aliphatic rings. The van der Waals surface area contributed by atoms with Gasteiger partial charge in [0.15, 0.2) is 0 Å². The highest BCUT2D eigenvalue weighted by Crippen LogP contribution is 2.24. The van der Waals surface area contributed by atoms with E-state index in [1.807, 2.05) is 5.38 Å². The van der Waals surface area contributed by atoms with Gasteiger partial charge in [0.25, 0.3) is 0 Å². The van der Waals surface area contributed by atoms with E-state index in [0.717, 1.165) is 18.5 Å². The average Bonchev–Trinajstić information content (AvgIpc) is 2.90. The van der Waals surface area contributed by atoms with E-state index in [2.05, 4.69) is 16.8 Å². The number of aromatic nitrogens is 1. The molecule has 21 heavy (non-hydrogen) atoms. The molecule has 1 saturated heterocycles. The number of carbonyl (C=O) groups is 2. The van der Waals surface area contributed by atoms with Gasteiger partial charge < -0.3 is 10.5 Å². The van der Waals surface area contributed by atoms with Crippen molar-refractivity contribution in [2.45, 2.75) is 39.3 Å². The Bertz CT molecular complexity index is 517. The van der Waals surface area contributed by atoms with Gasteiger partial charge in [-0.25, -0.2) is 9.78 Å². The Labute approximate surface area is 128 Å². The summed E-state index contributed by atoms with van der Waals surface area (Å²) < 4.78 is 4.94. The molecular weight excluding hydrogens is 290 g/mol. The number of likely N-dealkylation sites (tertiary alicyclic amines) is 1. The minimum absolute atomic E-state index is 0.0932. The van der Waals surface area contributed by atoms with Crippen LogP contribution in [-0.4, -0.2) is 41.0 Å². The zero-order chi connectivity index (χ0) is 15.4. The highest BCUT2D eigenvalue weighted by atomic mass is 32.1. The smallest absolute Gasteiger partial charge is 0.367 e. The summed E-state index contributed by atoms with van der Waals surface area (Å²) in [7, 11) is 0. The molecule has 1 aromatic heterocycles. The van der Waals surface area contributed by atoms with Gasteiger partial charge in [0.2, 0.25) is 10.9 Å². The van der Waals surface area contributed by atoms with E-state index >= 15 is 0 Å². The molecule has 0 unspecified atom stereocenters. The van der Waals surface area contributed by atoms with Crippen molar-refractivity contribution in [1.82, 2.24) is 9.88 Å². The van der Waals surface area contributed by atoms with Crippen LogP contribution in [0.25, 0.3) is 0 Å². The Balaban J connectivity index is 2.00. The van der Waals surface area contributed by atoms with E-state index in [1.165, 1.54) is 11.3 Å². The van der Waals surface area contributed by atoms with Gasteiger partial charge in [-0.2, -0.15) is 0 Å². The van der Waals surface area contributed by atoms with Gasteiger partial charge in [0, 0.05) is 24.5 Å². The quantitative estimate of drug-likeness (QED) is 0.831.